The number of fused-ring (bicyclic) bond motifs is 1. The summed E-state index contributed by atoms with van der Waals surface area (Å²) in [7, 11) is 0. The average Bonchev–Trinajstić information content (AvgIpc) is 3.23. The molecule has 2 aliphatic heterocycles. The van der Waals surface area contributed by atoms with E-state index in [0.717, 1.165) is 29.1 Å². The lowest BCUT2D eigenvalue weighted by molar-refractivity contribution is -0.192. The van der Waals surface area contributed by atoms with Gasteiger partial charge in [-0.3, -0.25) is 4.79 Å². The first-order valence-electron chi connectivity index (χ1n) is 9.09. The third-order valence-electron chi connectivity index (χ3n) is 4.67. The minimum atomic E-state index is -5.08. The lowest BCUT2D eigenvalue weighted by Crippen LogP contribution is -2.26. The maximum absolute atomic E-state index is 11.5. The van der Waals surface area contributed by atoms with Crippen molar-refractivity contribution in [3.8, 4) is 11.3 Å². The SMILES string of the molecule is Cc1sc(C2CCCCN2)nc1-c1ccc2c(c1)CC(=O)N2.O=C(O)C(F)(F)F. The van der Waals surface area contributed by atoms with E-state index in [1.807, 2.05) is 6.07 Å². The van der Waals surface area contributed by atoms with Crippen LogP contribution in [0.1, 0.15) is 40.8 Å². The topological polar surface area (TPSA) is 91.3 Å². The Bertz CT molecular complexity index is 921. The molecule has 4 rings (SSSR count). The number of thiazole rings is 1. The van der Waals surface area contributed by atoms with Gasteiger partial charge >= 0.3 is 12.1 Å². The van der Waals surface area contributed by atoms with Gasteiger partial charge in [-0.05, 0) is 44.0 Å². The average molecular weight is 427 g/mol. The Labute approximate surface area is 169 Å². The van der Waals surface area contributed by atoms with E-state index in [2.05, 4.69) is 29.7 Å². The van der Waals surface area contributed by atoms with Gasteiger partial charge in [0.1, 0.15) is 5.01 Å². The molecule has 0 aliphatic carbocycles. The number of alkyl halides is 3. The summed E-state index contributed by atoms with van der Waals surface area (Å²) >= 11 is 1.79. The highest BCUT2D eigenvalue weighted by atomic mass is 32.1. The minimum Gasteiger partial charge on any atom is -0.475 e. The molecule has 3 heterocycles. The normalized spacial score (nSPS) is 18.5. The molecule has 2 aromatic rings. The molecule has 6 nitrogen and oxygen atoms in total. The van der Waals surface area contributed by atoms with Crippen molar-refractivity contribution in [2.75, 3.05) is 11.9 Å². The molecule has 156 valence electrons. The van der Waals surface area contributed by atoms with Crippen LogP contribution in [0.3, 0.4) is 0 Å². The third-order valence-corrected chi connectivity index (χ3v) is 5.75. The van der Waals surface area contributed by atoms with Gasteiger partial charge in [0.15, 0.2) is 0 Å². The summed E-state index contributed by atoms with van der Waals surface area (Å²) in [6.45, 7) is 3.22. The van der Waals surface area contributed by atoms with E-state index >= 15 is 0 Å². The number of carbonyl (C=O) groups is 2. The maximum Gasteiger partial charge on any atom is 0.490 e. The molecule has 1 aromatic carbocycles. The molecule has 29 heavy (non-hydrogen) atoms. The van der Waals surface area contributed by atoms with E-state index < -0.39 is 12.1 Å². The molecule has 1 amide bonds. The van der Waals surface area contributed by atoms with Gasteiger partial charge in [0.25, 0.3) is 0 Å². The predicted molar refractivity (Wildman–Crippen MR) is 103 cm³/mol. The number of benzene rings is 1. The van der Waals surface area contributed by atoms with E-state index in [9.17, 15) is 18.0 Å². The number of nitrogens with one attached hydrogen (secondary N) is 2. The molecule has 1 unspecified atom stereocenters. The number of rotatable bonds is 2. The Balaban J connectivity index is 0.000000298. The number of carboxylic acids is 1. The number of anilines is 1. The van der Waals surface area contributed by atoms with Crippen LogP contribution in [0.15, 0.2) is 18.2 Å². The minimum absolute atomic E-state index is 0.0780. The zero-order valence-electron chi connectivity index (χ0n) is 15.6. The first-order chi connectivity index (χ1) is 13.6. The Hall–Kier alpha value is -2.46. The summed E-state index contributed by atoms with van der Waals surface area (Å²) in [6, 6.07) is 6.56. The molecule has 10 heteroatoms. The summed E-state index contributed by atoms with van der Waals surface area (Å²) < 4.78 is 31.7. The Morgan fingerprint density at radius 1 is 1.31 bits per heavy atom. The quantitative estimate of drug-likeness (QED) is 0.672. The van der Waals surface area contributed by atoms with Crippen LogP contribution in [0.5, 0.6) is 0 Å². The Morgan fingerprint density at radius 2 is 2.03 bits per heavy atom. The van der Waals surface area contributed by atoms with Crippen molar-refractivity contribution in [1.29, 1.82) is 0 Å². The zero-order valence-corrected chi connectivity index (χ0v) is 16.4. The Morgan fingerprint density at radius 3 is 2.66 bits per heavy atom. The highest BCUT2D eigenvalue weighted by Gasteiger charge is 2.38. The number of halogens is 3. The van der Waals surface area contributed by atoms with Crippen molar-refractivity contribution < 1.29 is 27.9 Å². The van der Waals surface area contributed by atoms with Crippen molar-refractivity contribution in [2.45, 2.75) is 44.8 Å². The van der Waals surface area contributed by atoms with Gasteiger partial charge in [-0.2, -0.15) is 13.2 Å². The van der Waals surface area contributed by atoms with Crippen LogP contribution >= 0.6 is 11.3 Å². The second-order valence-corrected chi connectivity index (χ2v) is 8.09. The fourth-order valence-corrected chi connectivity index (χ4v) is 4.33. The number of aliphatic carboxylic acids is 1. The summed E-state index contributed by atoms with van der Waals surface area (Å²) in [6.07, 6.45) is -0.893. The van der Waals surface area contributed by atoms with Gasteiger partial charge in [0.2, 0.25) is 5.91 Å². The molecule has 0 spiro atoms. The molecule has 0 bridgehead atoms. The van der Waals surface area contributed by atoms with E-state index in [4.69, 9.17) is 14.9 Å². The largest absolute Gasteiger partial charge is 0.490 e. The van der Waals surface area contributed by atoms with E-state index in [1.54, 1.807) is 11.3 Å². The molecule has 1 atom stereocenters. The second kappa shape index (κ2) is 8.50. The van der Waals surface area contributed by atoms with Crippen LogP contribution in [0.4, 0.5) is 18.9 Å². The first kappa shape index (κ1) is 21.3. The van der Waals surface area contributed by atoms with Gasteiger partial charge in [0.05, 0.1) is 18.2 Å². The summed E-state index contributed by atoms with van der Waals surface area (Å²) in [4.78, 5) is 26.5. The number of amides is 1. The molecule has 0 saturated carbocycles. The maximum atomic E-state index is 11.5. The van der Waals surface area contributed by atoms with Gasteiger partial charge < -0.3 is 15.7 Å². The molecule has 2 aliphatic rings. The Kier molecular flexibility index (Phi) is 6.23. The summed E-state index contributed by atoms with van der Waals surface area (Å²) in [5, 5.41) is 14.8. The van der Waals surface area contributed by atoms with Gasteiger partial charge in [-0.25, -0.2) is 9.78 Å². The first-order valence-corrected chi connectivity index (χ1v) is 9.91. The molecular formula is C19H20F3N3O3S. The highest BCUT2D eigenvalue weighted by Crippen LogP contribution is 2.35. The zero-order chi connectivity index (χ0) is 21.2. The van der Waals surface area contributed by atoms with Crippen molar-refractivity contribution in [2.24, 2.45) is 0 Å². The monoisotopic (exact) mass is 427 g/mol. The second-order valence-electron chi connectivity index (χ2n) is 6.86. The predicted octanol–water partition coefficient (Wildman–Crippen LogP) is 4.06. The van der Waals surface area contributed by atoms with Crippen molar-refractivity contribution in [3.05, 3.63) is 33.6 Å². The molecule has 0 radical (unpaired) electrons. The number of aryl methyl sites for hydroxylation is 1. The third kappa shape index (κ3) is 5.13. The van der Waals surface area contributed by atoms with Crippen LogP contribution in [0, 0.1) is 6.92 Å². The van der Waals surface area contributed by atoms with Crippen LogP contribution in [0.25, 0.3) is 11.3 Å². The molecule has 1 aromatic heterocycles. The van der Waals surface area contributed by atoms with E-state index in [0.29, 0.717) is 12.5 Å². The number of carboxylic acid groups (broad SMARTS) is 1. The van der Waals surface area contributed by atoms with Crippen molar-refractivity contribution in [3.63, 3.8) is 0 Å². The lowest BCUT2D eigenvalue weighted by atomic mass is 10.0. The molecule has 3 N–H and O–H groups in total. The van der Waals surface area contributed by atoms with Crippen LogP contribution < -0.4 is 10.6 Å². The number of carbonyl (C=O) groups excluding carboxylic acids is 1. The van der Waals surface area contributed by atoms with E-state index in [-0.39, 0.29) is 5.91 Å². The lowest BCUT2D eigenvalue weighted by Gasteiger charge is -2.21. The number of hydrogen-bond donors (Lipinski definition) is 3. The van der Waals surface area contributed by atoms with Crippen molar-refractivity contribution in [1.82, 2.24) is 10.3 Å². The summed E-state index contributed by atoms with van der Waals surface area (Å²) in [5.41, 5.74) is 4.20. The number of piperidine rings is 1. The summed E-state index contributed by atoms with van der Waals surface area (Å²) in [5.74, 6) is -2.68. The molecule has 1 saturated heterocycles. The molecule has 1 fully saturated rings. The highest BCUT2D eigenvalue weighted by molar-refractivity contribution is 7.12. The van der Waals surface area contributed by atoms with Crippen LogP contribution in [-0.2, 0) is 16.0 Å². The van der Waals surface area contributed by atoms with Crippen LogP contribution in [0.2, 0.25) is 0 Å². The van der Waals surface area contributed by atoms with Gasteiger partial charge in [-0.15, -0.1) is 11.3 Å². The molecular weight excluding hydrogens is 407 g/mol. The standard InChI is InChI=1S/C17H19N3OS.C2HF3O2/c1-10-16(20-17(22-10)14-4-2-3-7-18-14)11-5-6-13-12(8-11)9-15(21)19-13;3-2(4,5)1(6)7/h5-6,8,14,18H,2-4,7,9H2,1H3,(H,19,21);(H,6,7). The number of hydrogen-bond acceptors (Lipinski definition) is 5. The van der Waals surface area contributed by atoms with Gasteiger partial charge in [0, 0.05) is 16.1 Å². The van der Waals surface area contributed by atoms with Crippen molar-refractivity contribution >= 4 is 28.9 Å². The smallest absolute Gasteiger partial charge is 0.475 e. The number of aromatic nitrogens is 1. The van der Waals surface area contributed by atoms with Gasteiger partial charge in [-0.1, -0.05) is 12.5 Å². The number of nitrogens with zero attached hydrogens (tertiary/aromatic N) is 1. The fraction of sp³-hybridized carbons (Fsp3) is 0.421. The fourth-order valence-electron chi connectivity index (χ4n) is 3.27. The van der Waals surface area contributed by atoms with E-state index in [1.165, 1.54) is 29.1 Å². The van der Waals surface area contributed by atoms with Crippen LogP contribution in [-0.4, -0.2) is 34.7 Å².